The lowest BCUT2D eigenvalue weighted by atomic mass is 9.87. The average Bonchev–Trinajstić information content (AvgIpc) is 3.95. The molecule has 0 fully saturated rings. The summed E-state index contributed by atoms with van der Waals surface area (Å²) in [4.78, 5) is 33.0. The maximum atomic E-state index is 5.63. The smallest absolute Gasteiger partial charge is 0.164 e. The molecular weight excluding hydrogens is 737 g/mol. The molecule has 10 aromatic rings. The molecule has 0 saturated carbocycles. The number of rotatable bonds is 2. The SMILES string of the molecule is CCCn1c2nc3nc(nc4c5cc6ccccc6cc5c(nc5nc(nc1c1cc6ccccc6cc12)C1C=c2ccccc2=CC51)n4C)-c1cc2ccccc2cc1-3. The van der Waals surface area contributed by atoms with Crippen molar-refractivity contribution in [2.75, 3.05) is 0 Å². The van der Waals surface area contributed by atoms with Gasteiger partial charge in [0.25, 0.3) is 0 Å². The van der Waals surface area contributed by atoms with Crippen LogP contribution < -0.4 is 10.4 Å². The Bertz CT molecular complexity index is 3840. The Kier molecular flexibility index (Phi) is 6.94. The maximum Gasteiger partial charge on any atom is 0.164 e. The number of nitrogens with zero attached hydrogens (tertiary/aromatic N) is 8. The molecule has 5 heterocycles. The minimum absolute atomic E-state index is 0.108. The molecule has 13 rings (SSSR count). The maximum absolute atomic E-state index is 5.63. The lowest BCUT2D eigenvalue weighted by Crippen LogP contribution is -2.30. The van der Waals surface area contributed by atoms with Crippen molar-refractivity contribution in [3.05, 3.63) is 156 Å². The van der Waals surface area contributed by atoms with Gasteiger partial charge >= 0.3 is 0 Å². The summed E-state index contributed by atoms with van der Waals surface area (Å²) in [6.07, 6.45) is 5.55. The molecule has 8 bridgehead atoms. The molecule has 7 aromatic carbocycles. The second-order valence-corrected chi connectivity index (χ2v) is 16.3. The quantitative estimate of drug-likeness (QED) is 0.174. The number of aryl methyl sites for hydroxylation is 2. The Morgan fingerprint density at radius 1 is 0.433 bits per heavy atom. The Balaban J connectivity index is 1.26. The van der Waals surface area contributed by atoms with Gasteiger partial charge in [-0.3, -0.25) is 0 Å². The minimum atomic E-state index is -0.109. The zero-order valence-corrected chi connectivity index (χ0v) is 33.0. The standard InChI is InChI=1S/C52H36N8/c1-3-20-60-51-43-27-35-18-10-11-19-36(35)28-44(43)52(60)58-48-40-24-32-15-7-5-13-30(32)22-38(40)46(54-48)56-50-42-26-34-17-9-8-16-33(34)25-41(42)49(59(50)2)55-45-37-21-29-12-4-6-14-31(29)23-39(37)47(53-45)57-51/h4-19,21-28,37,39H,3,20H2,1-2H3. The normalized spacial score (nSPS) is 15.6. The highest BCUT2D eigenvalue weighted by atomic mass is 15.1. The molecule has 8 heteroatoms. The molecule has 0 N–H and O–H groups in total. The Morgan fingerprint density at radius 3 is 1.30 bits per heavy atom. The second kappa shape index (κ2) is 12.5. The molecular formula is C52H36N8. The summed E-state index contributed by atoms with van der Waals surface area (Å²) in [5.74, 6) is 2.51. The highest BCUT2D eigenvalue weighted by molar-refractivity contribution is 6.13. The van der Waals surface area contributed by atoms with E-state index in [1.54, 1.807) is 0 Å². The number of fused-ring (bicyclic) bond motifs is 24. The van der Waals surface area contributed by atoms with Crippen LogP contribution >= 0.6 is 0 Å². The number of aromatic nitrogens is 8. The van der Waals surface area contributed by atoms with E-state index in [-0.39, 0.29) is 11.8 Å². The van der Waals surface area contributed by atoms with Crippen molar-refractivity contribution >= 4 is 88.6 Å². The molecule has 60 heavy (non-hydrogen) atoms. The third-order valence-electron chi connectivity index (χ3n) is 12.7. The van der Waals surface area contributed by atoms with Crippen molar-refractivity contribution in [3.63, 3.8) is 0 Å². The highest BCUT2D eigenvalue weighted by Gasteiger charge is 2.34. The number of benzene rings is 7. The van der Waals surface area contributed by atoms with Crippen LogP contribution in [0.4, 0.5) is 0 Å². The van der Waals surface area contributed by atoms with Crippen molar-refractivity contribution in [1.82, 2.24) is 39.0 Å². The van der Waals surface area contributed by atoms with E-state index in [4.69, 9.17) is 29.9 Å². The molecule has 0 radical (unpaired) electrons. The molecule has 2 unspecified atom stereocenters. The van der Waals surface area contributed by atoms with Crippen molar-refractivity contribution in [3.8, 4) is 22.8 Å². The first-order valence-electron chi connectivity index (χ1n) is 20.7. The van der Waals surface area contributed by atoms with E-state index in [2.05, 4.69) is 169 Å². The molecule has 8 nitrogen and oxygen atoms in total. The topological polar surface area (TPSA) is 87.2 Å². The molecule has 1 aliphatic carbocycles. The highest BCUT2D eigenvalue weighted by Crippen LogP contribution is 2.42. The van der Waals surface area contributed by atoms with Crippen LogP contribution in [0.1, 0.15) is 36.8 Å². The summed E-state index contributed by atoms with van der Waals surface area (Å²) in [6, 6.07) is 47.5. The molecule has 3 aromatic heterocycles. The Morgan fingerprint density at radius 2 is 0.817 bits per heavy atom. The monoisotopic (exact) mass is 772 g/mol. The van der Waals surface area contributed by atoms with Crippen molar-refractivity contribution in [1.29, 1.82) is 0 Å². The summed E-state index contributed by atoms with van der Waals surface area (Å²) in [6.45, 7) is 2.92. The first kappa shape index (κ1) is 33.4. The van der Waals surface area contributed by atoms with E-state index < -0.39 is 0 Å². The zero-order chi connectivity index (χ0) is 39.6. The predicted octanol–water partition coefficient (Wildman–Crippen LogP) is 10.0. The van der Waals surface area contributed by atoms with Gasteiger partial charge in [0.05, 0.1) is 11.8 Å². The summed E-state index contributed by atoms with van der Waals surface area (Å²) in [7, 11) is 2.06. The fourth-order valence-electron chi connectivity index (χ4n) is 9.78. The van der Waals surface area contributed by atoms with Crippen LogP contribution in [0.25, 0.3) is 111 Å². The van der Waals surface area contributed by atoms with Crippen LogP contribution in [0, 0.1) is 0 Å². The lowest BCUT2D eigenvalue weighted by Gasteiger charge is -2.15. The molecule has 0 spiro atoms. The third kappa shape index (κ3) is 4.85. The van der Waals surface area contributed by atoms with Gasteiger partial charge in [0.1, 0.15) is 34.2 Å². The van der Waals surface area contributed by atoms with E-state index in [1.165, 1.54) is 10.4 Å². The summed E-state index contributed by atoms with van der Waals surface area (Å²) in [5, 5.41) is 13.2. The fraction of sp³-hybridized carbons (Fsp3) is 0.115. The van der Waals surface area contributed by atoms with Gasteiger partial charge in [0, 0.05) is 46.3 Å². The van der Waals surface area contributed by atoms with Crippen LogP contribution in [0.5, 0.6) is 0 Å². The van der Waals surface area contributed by atoms with E-state index >= 15 is 0 Å². The first-order valence-corrected chi connectivity index (χ1v) is 20.7. The summed E-state index contributed by atoms with van der Waals surface area (Å²) >= 11 is 0. The predicted molar refractivity (Wildman–Crippen MR) is 243 cm³/mol. The van der Waals surface area contributed by atoms with Crippen LogP contribution in [-0.2, 0) is 13.6 Å². The van der Waals surface area contributed by atoms with Gasteiger partial charge < -0.3 is 9.13 Å². The number of hydrogen-bond acceptors (Lipinski definition) is 6. The molecule has 0 saturated heterocycles. The molecule has 284 valence electrons. The fourth-order valence-corrected chi connectivity index (χ4v) is 9.78. The zero-order valence-electron chi connectivity index (χ0n) is 33.0. The summed E-state index contributed by atoms with van der Waals surface area (Å²) < 4.78 is 4.39. The van der Waals surface area contributed by atoms with Crippen molar-refractivity contribution < 1.29 is 0 Å². The van der Waals surface area contributed by atoms with Gasteiger partial charge in [-0.15, -0.1) is 0 Å². The van der Waals surface area contributed by atoms with Gasteiger partial charge in [0.15, 0.2) is 11.6 Å². The van der Waals surface area contributed by atoms with Crippen molar-refractivity contribution in [2.45, 2.75) is 31.7 Å². The average molecular weight is 773 g/mol. The van der Waals surface area contributed by atoms with Crippen LogP contribution in [0.3, 0.4) is 0 Å². The molecule has 0 amide bonds. The van der Waals surface area contributed by atoms with Gasteiger partial charge in [-0.25, -0.2) is 29.9 Å². The Labute approximate surface area is 343 Å². The Hall–Kier alpha value is -7.58. The van der Waals surface area contributed by atoms with E-state index in [0.29, 0.717) is 18.2 Å². The molecule has 2 atom stereocenters. The lowest BCUT2D eigenvalue weighted by molar-refractivity contribution is 0.708. The van der Waals surface area contributed by atoms with E-state index in [1.807, 2.05) is 0 Å². The van der Waals surface area contributed by atoms with Crippen LogP contribution in [-0.4, -0.2) is 39.0 Å². The van der Waals surface area contributed by atoms with Crippen molar-refractivity contribution in [2.24, 2.45) is 7.05 Å². The van der Waals surface area contributed by atoms with Gasteiger partial charge in [-0.1, -0.05) is 116 Å². The largest absolute Gasteiger partial charge is 0.313 e. The number of hydrogen-bond donors (Lipinski definition) is 0. The first-order chi connectivity index (χ1) is 29.6. The van der Waals surface area contributed by atoms with Crippen LogP contribution in [0.15, 0.2) is 133 Å². The molecule has 2 aliphatic heterocycles. The van der Waals surface area contributed by atoms with E-state index in [9.17, 15) is 0 Å². The third-order valence-corrected chi connectivity index (χ3v) is 12.7. The second-order valence-electron chi connectivity index (χ2n) is 16.3. The van der Waals surface area contributed by atoms with Gasteiger partial charge in [-0.05, 0) is 85.6 Å². The van der Waals surface area contributed by atoms with Gasteiger partial charge in [0.2, 0.25) is 0 Å². The van der Waals surface area contributed by atoms with Gasteiger partial charge in [-0.2, -0.15) is 0 Å². The molecule has 3 aliphatic rings. The minimum Gasteiger partial charge on any atom is -0.313 e. The summed E-state index contributed by atoms with van der Waals surface area (Å²) in [5.41, 5.74) is 5.16. The van der Waals surface area contributed by atoms with Crippen LogP contribution in [0.2, 0.25) is 0 Å². The van der Waals surface area contributed by atoms with E-state index in [0.717, 1.165) is 106 Å².